The summed E-state index contributed by atoms with van der Waals surface area (Å²) in [5, 5.41) is 0. The number of aryl methyl sites for hydroxylation is 1. The lowest BCUT2D eigenvalue weighted by atomic mass is 9.99. The fourth-order valence-corrected chi connectivity index (χ4v) is 3.15. The molecule has 6 heteroatoms. The third kappa shape index (κ3) is 2.59. The fraction of sp³-hybridized carbons (Fsp3) is 0.133. The van der Waals surface area contributed by atoms with Crippen molar-refractivity contribution in [2.24, 2.45) is 12.8 Å². The molecule has 0 bridgehead atoms. The highest BCUT2D eigenvalue weighted by Crippen LogP contribution is 2.30. The molecule has 0 spiro atoms. The van der Waals surface area contributed by atoms with Gasteiger partial charge in [0.25, 0.3) is 0 Å². The van der Waals surface area contributed by atoms with Crippen molar-refractivity contribution in [1.82, 2.24) is 4.57 Å². The van der Waals surface area contributed by atoms with Gasteiger partial charge in [-0.15, -0.1) is 0 Å². The number of fused-ring (bicyclic) bond motifs is 1. The molecule has 0 saturated carbocycles. The molecule has 0 fully saturated rings. The maximum atomic E-state index is 11.5. The van der Waals surface area contributed by atoms with Crippen molar-refractivity contribution in [3.8, 4) is 0 Å². The molecule has 0 aliphatic carbocycles. The van der Waals surface area contributed by atoms with Gasteiger partial charge >= 0.3 is 5.76 Å². The van der Waals surface area contributed by atoms with E-state index in [0.717, 1.165) is 25.6 Å². The second kappa shape index (κ2) is 5.44. The lowest BCUT2D eigenvalue weighted by molar-refractivity contribution is 0.527. The number of hydrogen-bond donors (Lipinski definition) is 1. The molecule has 1 atom stereocenters. The van der Waals surface area contributed by atoms with Crippen LogP contribution in [-0.4, -0.2) is 4.57 Å². The van der Waals surface area contributed by atoms with E-state index in [1.54, 1.807) is 7.05 Å². The molecule has 1 heterocycles. The smallest absolute Gasteiger partial charge is 0.408 e. The van der Waals surface area contributed by atoms with Crippen molar-refractivity contribution in [3.63, 3.8) is 0 Å². The quantitative estimate of drug-likeness (QED) is 0.699. The third-order valence-electron chi connectivity index (χ3n) is 3.47. The molecule has 1 unspecified atom stereocenters. The monoisotopic (exact) mass is 410 g/mol. The average molecular weight is 412 g/mol. The maximum absolute atomic E-state index is 11.5. The van der Waals surface area contributed by atoms with Crippen LogP contribution in [-0.2, 0) is 7.05 Å². The van der Waals surface area contributed by atoms with Gasteiger partial charge in [-0.05, 0) is 41.5 Å². The SMILES string of the molecule is Cn1c(=O)oc2cc(C(N)c3cc(Br)ccc3Br)ccc21. The Morgan fingerprint density at radius 1 is 1.19 bits per heavy atom. The van der Waals surface area contributed by atoms with E-state index in [1.807, 2.05) is 36.4 Å². The number of hydrogen-bond acceptors (Lipinski definition) is 3. The molecule has 3 aromatic rings. The first kappa shape index (κ1) is 14.6. The number of nitrogens with zero attached hydrogens (tertiary/aromatic N) is 1. The Labute approximate surface area is 137 Å². The van der Waals surface area contributed by atoms with Crippen molar-refractivity contribution >= 4 is 43.0 Å². The highest BCUT2D eigenvalue weighted by atomic mass is 79.9. The summed E-state index contributed by atoms with van der Waals surface area (Å²) in [6.07, 6.45) is 0. The Morgan fingerprint density at radius 2 is 1.95 bits per heavy atom. The second-order valence-corrected chi connectivity index (χ2v) is 6.57. The van der Waals surface area contributed by atoms with Gasteiger partial charge in [-0.3, -0.25) is 4.57 Å². The zero-order valence-electron chi connectivity index (χ0n) is 11.1. The number of nitrogens with two attached hydrogens (primary N) is 1. The van der Waals surface area contributed by atoms with Crippen LogP contribution in [0.1, 0.15) is 17.2 Å². The molecule has 2 N–H and O–H groups in total. The predicted octanol–water partition coefficient (Wildman–Crippen LogP) is 3.70. The molecule has 0 saturated heterocycles. The second-order valence-electron chi connectivity index (χ2n) is 4.80. The molecule has 21 heavy (non-hydrogen) atoms. The Kier molecular flexibility index (Phi) is 3.77. The van der Waals surface area contributed by atoms with E-state index in [-0.39, 0.29) is 11.8 Å². The maximum Gasteiger partial charge on any atom is 0.419 e. The van der Waals surface area contributed by atoms with E-state index in [0.29, 0.717) is 5.58 Å². The molecule has 108 valence electrons. The van der Waals surface area contributed by atoms with Crippen LogP contribution in [0.4, 0.5) is 0 Å². The summed E-state index contributed by atoms with van der Waals surface area (Å²) in [7, 11) is 1.68. The van der Waals surface area contributed by atoms with Gasteiger partial charge < -0.3 is 10.2 Å². The van der Waals surface area contributed by atoms with E-state index in [9.17, 15) is 4.79 Å². The van der Waals surface area contributed by atoms with Crippen LogP contribution in [0.2, 0.25) is 0 Å². The van der Waals surface area contributed by atoms with Gasteiger partial charge in [-0.2, -0.15) is 0 Å². The summed E-state index contributed by atoms with van der Waals surface area (Å²) in [6.45, 7) is 0. The van der Waals surface area contributed by atoms with Crippen LogP contribution in [0.3, 0.4) is 0 Å². The van der Waals surface area contributed by atoms with E-state index >= 15 is 0 Å². The number of oxazole rings is 1. The normalized spacial score (nSPS) is 12.8. The molecule has 0 aliphatic rings. The molecule has 3 rings (SSSR count). The van der Waals surface area contributed by atoms with Crippen molar-refractivity contribution in [3.05, 3.63) is 67.0 Å². The third-order valence-corrected chi connectivity index (χ3v) is 4.68. The van der Waals surface area contributed by atoms with Crippen molar-refractivity contribution in [2.75, 3.05) is 0 Å². The van der Waals surface area contributed by atoms with Gasteiger partial charge in [-0.1, -0.05) is 37.9 Å². The summed E-state index contributed by atoms with van der Waals surface area (Å²) < 4.78 is 8.58. The highest BCUT2D eigenvalue weighted by Gasteiger charge is 2.15. The predicted molar refractivity (Wildman–Crippen MR) is 89.3 cm³/mol. The standard InChI is InChI=1S/C15H12Br2N2O2/c1-19-12-5-2-8(6-13(12)21-15(19)20)14(18)10-7-9(16)3-4-11(10)17/h2-7,14H,18H2,1H3. The summed E-state index contributed by atoms with van der Waals surface area (Å²) >= 11 is 6.97. The Morgan fingerprint density at radius 3 is 2.71 bits per heavy atom. The summed E-state index contributed by atoms with van der Waals surface area (Å²) in [4.78, 5) is 11.5. The zero-order valence-corrected chi connectivity index (χ0v) is 14.3. The molecule has 0 amide bonds. The van der Waals surface area contributed by atoms with E-state index < -0.39 is 0 Å². The number of rotatable bonds is 2. The van der Waals surface area contributed by atoms with Gasteiger partial charge in [0.15, 0.2) is 5.58 Å². The van der Waals surface area contributed by atoms with E-state index in [1.165, 1.54) is 4.57 Å². The number of aromatic nitrogens is 1. The van der Waals surface area contributed by atoms with Gasteiger partial charge in [-0.25, -0.2) is 4.79 Å². The minimum atomic E-state index is -0.376. The topological polar surface area (TPSA) is 61.2 Å². The van der Waals surface area contributed by atoms with Gasteiger partial charge in [0.05, 0.1) is 11.6 Å². The molecule has 0 radical (unpaired) electrons. The lowest BCUT2D eigenvalue weighted by Crippen LogP contribution is -2.12. The Balaban J connectivity index is 2.11. The first-order valence-electron chi connectivity index (χ1n) is 6.27. The number of halogens is 2. The van der Waals surface area contributed by atoms with Crippen molar-refractivity contribution in [1.29, 1.82) is 0 Å². The van der Waals surface area contributed by atoms with E-state index in [2.05, 4.69) is 31.9 Å². The van der Waals surface area contributed by atoms with Crippen LogP contribution in [0.15, 0.2) is 54.6 Å². The van der Waals surface area contributed by atoms with Gasteiger partial charge in [0.2, 0.25) is 0 Å². The van der Waals surface area contributed by atoms with E-state index in [4.69, 9.17) is 10.2 Å². The lowest BCUT2D eigenvalue weighted by Gasteiger charge is -2.15. The molecular weight excluding hydrogens is 400 g/mol. The fourth-order valence-electron chi connectivity index (χ4n) is 2.28. The summed E-state index contributed by atoms with van der Waals surface area (Å²) in [5.74, 6) is -0.376. The van der Waals surface area contributed by atoms with Crippen LogP contribution in [0, 0.1) is 0 Å². The molecule has 4 nitrogen and oxygen atoms in total. The number of benzene rings is 2. The van der Waals surface area contributed by atoms with Crippen molar-refractivity contribution in [2.45, 2.75) is 6.04 Å². The molecular formula is C15H12Br2N2O2. The average Bonchev–Trinajstić information content (AvgIpc) is 2.75. The largest absolute Gasteiger partial charge is 0.419 e. The van der Waals surface area contributed by atoms with Crippen LogP contribution < -0.4 is 11.5 Å². The zero-order chi connectivity index (χ0) is 15.1. The first-order chi connectivity index (χ1) is 9.97. The summed E-state index contributed by atoms with van der Waals surface area (Å²) in [6, 6.07) is 11.1. The van der Waals surface area contributed by atoms with Crippen LogP contribution in [0.25, 0.3) is 11.1 Å². The van der Waals surface area contributed by atoms with Crippen LogP contribution >= 0.6 is 31.9 Å². The minimum absolute atomic E-state index is 0.313. The Hall–Kier alpha value is -1.37. The molecule has 2 aromatic carbocycles. The molecule has 0 aliphatic heterocycles. The highest BCUT2D eigenvalue weighted by molar-refractivity contribution is 9.11. The minimum Gasteiger partial charge on any atom is -0.408 e. The summed E-state index contributed by atoms with van der Waals surface area (Å²) in [5.41, 5.74) is 9.49. The van der Waals surface area contributed by atoms with Gasteiger partial charge in [0, 0.05) is 16.0 Å². The molecule has 1 aromatic heterocycles. The first-order valence-corrected chi connectivity index (χ1v) is 7.86. The Bertz CT molecular complexity index is 883. The van der Waals surface area contributed by atoms with Gasteiger partial charge in [0.1, 0.15) is 0 Å². The van der Waals surface area contributed by atoms with Crippen molar-refractivity contribution < 1.29 is 4.42 Å². The van der Waals surface area contributed by atoms with Crippen LogP contribution in [0.5, 0.6) is 0 Å².